The first-order chi connectivity index (χ1) is 16.1. The number of hydrogen-bond donors (Lipinski definition) is 0. The van der Waals surface area contributed by atoms with Gasteiger partial charge in [0.15, 0.2) is 0 Å². The predicted molar refractivity (Wildman–Crippen MR) is 126 cm³/mol. The molecule has 1 aromatic heterocycles. The Morgan fingerprint density at radius 1 is 1.15 bits per heavy atom. The molecule has 2 saturated carbocycles. The molecule has 2 heterocycles. The van der Waals surface area contributed by atoms with Crippen molar-refractivity contribution in [1.29, 1.82) is 0 Å². The molecule has 7 nitrogen and oxygen atoms in total. The van der Waals surface area contributed by atoms with Crippen LogP contribution < -0.4 is 4.74 Å². The minimum Gasteiger partial charge on any atom is -0.494 e. The van der Waals surface area contributed by atoms with Crippen LogP contribution in [0, 0.1) is 29.1 Å². The highest BCUT2D eigenvalue weighted by atomic mass is 16.5. The van der Waals surface area contributed by atoms with Gasteiger partial charge in [0.25, 0.3) is 0 Å². The lowest BCUT2D eigenvalue weighted by Crippen LogP contribution is -2.41. The third-order valence-corrected chi connectivity index (χ3v) is 8.61. The zero-order valence-corrected chi connectivity index (χ0v) is 20.0. The van der Waals surface area contributed by atoms with E-state index in [2.05, 4.69) is 34.3 Å². The normalized spacial score (nSPS) is 25.0. The Morgan fingerprint density at radius 3 is 2.55 bits per heavy atom. The molecule has 178 valence electrons. The summed E-state index contributed by atoms with van der Waals surface area (Å²) in [6.45, 7) is 7.26. The molecule has 3 fully saturated rings. The van der Waals surface area contributed by atoms with Crippen molar-refractivity contribution >= 4 is 5.91 Å². The number of tetrazole rings is 1. The van der Waals surface area contributed by atoms with E-state index in [1.54, 1.807) is 11.0 Å². The number of hydrogen-bond acceptors (Lipinski definition) is 5. The first-order valence-corrected chi connectivity index (χ1v) is 12.8. The highest BCUT2D eigenvalue weighted by molar-refractivity contribution is 5.77. The van der Waals surface area contributed by atoms with E-state index in [4.69, 9.17) is 4.74 Å². The molecule has 1 aromatic carbocycles. The topological polar surface area (TPSA) is 73.1 Å². The van der Waals surface area contributed by atoms with Gasteiger partial charge >= 0.3 is 0 Å². The Labute approximate surface area is 196 Å². The molecule has 0 spiro atoms. The number of likely N-dealkylation sites (tertiary alicyclic amines) is 1. The van der Waals surface area contributed by atoms with Crippen molar-refractivity contribution in [3.8, 4) is 11.4 Å². The van der Waals surface area contributed by atoms with Crippen LogP contribution in [-0.2, 0) is 4.79 Å². The quantitative estimate of drug-likeness (QED) is 0.531. The van der Waals surface area contributed by atoms with Crippen LogP contribution in [0.1, 0.15) is 65.2 Å². The summed E-state index contributed by atoms with van der Waals surface area (Å²) in [6, 6.07) is 7.88. The molecular formula is C26H37N5O2. The molecule has 1 aliphatic heterocycles. The summed E-state index contributed by atoms with van der Waals surface area (Å²) in [5.41, 5.74) is 1.15. The van der Waals surface area contributed by atoms with E-state index in [1.165, 1.54) is 32.1 Å². The third-order valence-electron chi connectivity index (χ3n) is 8.61. The molecule has 0 N–H and O–H groups in total. The van der Waals surface area contributed by atoms with Gasteiger partial charge < -0.3 is 9.64 Å². The van der Waals surface area contributed by atoms with Crippen LogP contribution in [0.25, 0.3) is 5.69 Å². The number of carbonyl (C=O) groups excluding carboxylic acids is 1. The number of nitrogens with zero attached hydrogens (tertiary/aromatic N) is 5. The first kappa shape index (κ1) is 22.4. The van der Waals surface area contributed by atoms with E-state index >= 15 is 0 Å². The Bertz CT molecular complexity index is 919. The van der Waals surface area contributed by atoms with Crippen molar-refractivity contribution in [2.24, 2.45) is 29.1 Å². The van der Waals surface area contributed by atoms with Gasteiger partial charge in [-0.15, -0.1) is 5.10 Å². The zero-order valence-electron chi connectivity index (χ0n) is 20.0. The summed E-state index contributed by atoms with van der Waals surface area (Å²) >= 11 is 0. The molecule has 0 bridgehead atoms. The Balaban J connectivity index is 1.00. The molecule has 3 aliphatic rings. The molecule has 33 heavy (non-hydrogen) atoms. The lowest BCUT2D eigenvalue weighted by Gasteiger charge is -2.36. The standard InChI is InChI=1S/C26H37N5O2/c1-3-26(2,21-4-5-21)17-25(32)30-13-10-19(11-14-30)24-16-20(24)12-15-33-23-8-6-22(7-9-23)31-18-27-28-29-31/h6-9,18-21,24H,3-5,10-17H2,1-2H3. The van der Waals surface area contributed by atoms with E-state index in [1.807, 2.05) is 24.3 Å². The van der Waals surface area contributed by atoms with Crippen molar-refractivity contribution in [2.45, 2.75) is 65.2 Å². The number of carbonyl (C=O) groups is 1. The van der Waals surface area contributed by atoms with Crippen LogP contribution in [0.5, 0.6) is 5.75 Å². The van der Waals surface area contributed by atoms with E-state index in [9.17, 15) is 4.79 Å². The van der Waals surface area contributed by atoms with Crippen molar-refractivity contribution in [1.82, 2.24) is 25.1 Å². The van der Waals surface area contributed by atoms with Crippen LogP contribution in [0.4, 0.5) is 0 Å². The fourth-order valence-electron chi connectivity index (χ4n) is 5.86. The second-order valence-electron chi connectivity index (χ2n) is 10.7. The maximum atomic E-state index is 12.9. The van der Waals surface area contributed by atoms with Gasteiger partial charge in [0.05, 0.1) is 12.3 Å². The third kappa shape index (κ3) is 5.22. The maximum absolute atomic E-state index is 12.9. The number of aromatic nitrogens is 4. The molecule has 7 heteroatoms. The molecular weight excluding hydrogens is 414 g/mol. The largest absolute Gasteiger partial charge is 0.494 e. The van der Waals surface area contributed by atoms with Gasteiger partial charge in [-0.25, -0.2) is 4.68 Å². The molecule has 2 aliphatic carbocycles. The predicted octanol–water partition coefficient (Wildman–Crippen LogP) is 4.52. The first-order valence-electron chi connectivity index (χ1n) is 12.8. The molecule has 1 saturated heterocycles. The van der Waals surface area contributed by atoms with E-state index in [0.717, 1.165) is 74.1 Å². The van der Waals surface area contributed by atoms with Crippen molar-refractivity contribution in [3.63, 3.8) is 0 Å². The van der Waals surface area contributed by atoms with Gasteiger partial charge in [-0.05, 0) is 109 Å². The van der Waals surface area contributed by atoms with Crippen LogP contribution >= 0.6 is 0 Å². The van der Waals surface area contributed by atoms with Gasteiger partial charge in [0, 0.05) is 19.5 Å². The fourth-order valence-corrected chi connectivity index (χ4v) is 5.86. The smallest absolute Gasteiger partial charge is 0.223 e. The average molecular weight is 452 g/mol. The molecule has 1 amide bonds. The number of amides is 1. The molecule has 0 radical (unpaired) electrons. The van der Waals surface area contributed by atoms with Crippen molar-refractivity contribution in [3.05, 3.63) is 30.6 Å². The van der Waals surface area contributed by atoms with Gasteiger partial charge in [-0.2, -0.15) is 0 Å². The van der Waals surface area contributed by atoms with Crippen molar-refractivity contribution < 1.29 is 9.53 Å². The van der Waals surface area contributed by atoms with Crippen LogP contribution in [0.15, 0.2) is 30.6 Å². The monoisotopic (exact) mass is 451 g/mol. The maximum Gasteiger partial charge on any atom is 0.223 e. The van der Waals surface area contributed by atoms with Crippen molar-refractivity contribution in [2.75, 3.05) is 19.7 Å². The Kier molecular flexibility index (Phi) is 6.39. The zero-order chi connectivity index (χ0) is 22.8. The fraction of sp³-hybridized carbons (Fsp3) is 0.692. The summed E-state index contributed by atoms with van der Waals surface area (Å²) in [5.74, 6) is 4.48. The second-order valence-corrected chi connectivity index (χ2v) is 10.7. The summed E-state index contributed by atoms with van der Waals surface area (Å²) in [4.78, 5) is 15.1. The molecule has 5 rings (SSSR count). The molecule has 3 unspecified atom stereocenters. The highest BCUT2D eigenvalue weighted by Crippen LogP contribution is 2.51. The van der Waals surface area contributed by atoms with Gasteiger partial charge in [0.1, 0.15) is 12.1 Å². The van der Waals surface area contributed by atoms with E-state index in [-0.39, 0.29) is 5.41 Å². The number of ether oxygens (including phenoxy) is 1. The number of piperidine rings is 1. The number of benzene rings is 1. The Hall–Kier alpha value is -2.44. The molecule has 2 aromatic rings. The van der Waals surface area contributed by atoms with Crippen LogP contribution in [-0.4, -0.2) is 50.7 Å². The lowest BCUT2D eigenvalue weighted by molar-refractivity contribution is -0.135. The van der Waals surface area contributed by atoms with Crippen LogP contribution in [0.3, 0.4) is 0 Å². The summed E-state index contributed by atoms with van der Waals surface area (Å²) in [7, 11) is 0. The van der Waals surface area contributed by atoms with E-state index in [0.29, 0.717) is 5.91 Å². The van der Waals surface area contributed by atoms with Gasteiger partial charge in [-0.1, -0.05) is 13.8 Å². The summed E-state index contributed by atoms with van der Waals surface area (Å²) < 4.78 is 7.61. The van der Waals surface area contributed by atoms with Gasteiger partial charge in [0.2, 0.25) is 5.91 Å². The second kappa shape index (κ2) is 9.43. The average Bonchev–Trinajstić information content (AvgIpc) is 3.77. The van der Waals surface area contributed by atoms with E-state index < -0.39 is 0 Å². The summed E-state index contributed by atoms with van der Waals surface area (Å²) in [5, 5.41) is 11.2. The molecule has 3 atom stereocenters. The minimum atomic E-state index is 0.226. The van der Waals surface area contributed by atoms with Gasteiger partial charge in [-0.3, -0.25) is 4.79 Å². The number of rotatable bonds is 10. The summed E-state index contributed by atoms with van der Waals surface area (Å²) in [6.07, 6.45) is 10.9. The van der Waals surface area contributed by atoms with Crippen LogP contribution in [0.2, 0.25) is 0 Å². The lowest BCUT2D eigenvalue weighted by atomic mass is 9.78. The minimum absolute atomic E-state index is 0.226. The highest BCUT2D eigenvalue weighted by Gasteiger charge is 2.45. The Morgan fingerprint density at radius 2 is 1.91 bits per heavy atom. The SMILES string of the molecule is CCC(C)(CC(=O)N1CCC(C2CC2CCOc2ccc(-n3cnnn3)cc2)CC1)C1CC1.